The maximum absolute atomic E-state index is 12.3. The summed E-state index contributed by atoms with van der Waals surface area (Å²) >= 11 is 0. The molecule has 1 aromatic carbocycles. The molecule has 0 spiro atoms. The maximum Gasteiger partial charge on any atom is 0.325 e. The van der Waals surface area contributed by atoms with Crippen molar-refractivity contribution in [2.45, 2.75) is 39.2 Å². The van der Waals surface area contributed by atoms with Gasteiger partial charge in [0.1, 0.15) is 12.6 Å². The first-order valence-electron chi connectivity index (χ1n) is 8.40. The van der Waals surface area contributed by atoms with Crippen LogP contribution in [0.15, 0.2) is 30.3 Å². The van der Waals surface area contributed by atoms with Crippen LogP contribution in [0.5, 0.6) is 0 Å². The Morgan fingerprint density at radius 2 is 1.96 bits per heavy atom. The van der Waals surface area contributed by atoms with Crippen LogP contribution in [-0.4, -0.2) is 41.9 Å². The number of urea groups is 1. The van der Waals surface area contributed by atoms with Gasteiger partial charge in [-0.2, -0.15) is 0 Å². The van der Waals surface area contributed by atoms with E-state index in [1.165, 1.54) is 0 Å². The van der Waals surface area contributed by atoms with Gasteiger partial charge in [-0.05, 0) is 30.7 Å². The van der Waals surface area contributed by atoms with Crippen LogP contribution in [0.2, 0.25) is 0 Å². The topological polar surface area (TPSA) is 78.5 Å². The van der Waals surface area contributed by atoms with E-state index in [2.05, 4.69) is 24.5 Å². The first-order chi connectivity index (χ1) is 11.5. The van der Waals surface area contributed by atoms with Crippen molar-refractivity contribution in [3.8, 4) is 0 Å². The van der Waals surface area contributed by atoms with E-state index in [-0.39, 0.29) is 18.4 Å². The summed E-state index contributed by atoms with van der Waals surface area (Å²) in [6.45, 7) is 4.48. The smallest absolute Gasteiger partial charge is 0.325 e. The predicted octanol–water partition coefficient (Wildman–Crippen LogP) is 1.70. The molecule has 0 aliphatic carbocycles. The number of aryl methyl sites for hydroxylation is 1. The molecular weight excluding hydrogens is 306 g/mol. The van der Waals surface area contributed by atoms with Gasteiger partial charge in [-0.15, -0.1) is 0 Å². The van der Waals surface area contributed by atoms with E-state index in [1.54, 1.807) is 0 Å². The second-order valence-electron chi connectivity index (χ2n) is 6.48. The number of carbonyl (C=O) groups is 3. The summed E-state index contributed by atoms with van der Waals surface area (Å²) in [5.41, 5.74) is 1.12. The van der Waals surface area contributed by atoms with Crippen molar-refractivity contribution in [3.63, 3.8) is 0 Å². The van der Waals surface area contributed by atoms with Gasteiger partial charge in [-0.1, -0.05) is 44.2 Å². The third kappa shape index (κ3) is 5.08. The van der Waals surface area contributed by atoms with Gasteiger partial charge in [0, 0.05) is 6.54 Å². The van der Waals surface area contributed by atoms with E-state index in [4.69, 9.17) is 0 Å². The highest BCUT2D eigenvalue weighted by Crippen LogP contribution is 2.12. The van der Waals surface area contributed by atoms with Crippen LogP contribution in [-0.2, 0) is 16.0 Å². The molecule has 1 aliphatic rings. The molecule has 1 aromatic rings. The molecule has 2 N–H and O–H groups in total. The van der Waals surface area contributed by atoms with Gasteiger partial charge in [-0.25, -0.2) is 4.79 Å². The highest BCUT2D eigenvalue weighted by molar-refractivity contribution is 6.06. The Bertz CT molecular complexity index is 586. The highest BCUT2D eigenvalue weighted by Gasteiger charge is 2.38. The number of benzene rings is 1. The second kappa shape index (κ2) is 8.47. The minimum absolute atomic E-state index is 0.218. The molecule has 130 valence electrons. The number of hydrogen-bond donors (Lipinski definition) is 2. The van der Waals surface area contributed by atoms with Crippen molar-refractivity contribution < 1.29 is 14.4 Å². The molecule has 6 heteroatoms. The molecular formula is C18H25N3O3. The van der Waals surface area contributed by atoms with E-state index in [0.717, 1.165) is 16.9 Å². The van der Waals surface area contributed by atoms with Crippen LogP contribution in [0, 0.1) is 5.92 Å². The zero-order chi connectivity index (χ0) is 17.5. The summed E-state index contributed by atoms with van der Waals surface area (Å²) in [6, 6.07) is 8.75. The molecule has 0 radical (unpaired) electrons. The number of hydrogen-bond acceptors (Lipinski definition) is 3. The first kappa shape index (κ1) is 18.0. The summed E-state index contributed by atoms with van der Waals surface area (Å²) in [5, 5.41) is 5.40. The van der Waals surface area contributed by atoms with Crippen molar-refractivity contribution in [2.24, 2.45) is 5.92 Å². The lowest BCUT2D eigenvalue weighted by molar-refractivity contribution is -0.132. The van der Waals surface area contributed by atoms with E-state index in [9.17, 15) is 14.4 Å². The molecule has 0 aromatic heterocycles. The van der Waals surface area contributed by atoms with Crippen molar-refractivity contribution >= 4 is 17.8 Å². The zero-order valence-electron chi connectivity index (χ0n) is 14.2. The Labute approximate surface area is 142 Å². The summed E-state index contributed by atoms with van der Waals surface area (Å²) < 4.78 is 0. The van der Waals surface area contributed by atoms with Gasteiger partial charge < -0.3 is 10.6 Å². The summed E-state index contributed by atoms with van der Waals surface area (Å²) in [4.78, 5) is 37.1. The molecule has 1 fully saturated rings. The molecule has 6 nitrogen and oxygen atoms in total. The molecule has 24 heavy (non-hydrogen) atoms. The Morgan fingerprint density at radius 1 is 1.25 bits per heavy atom. The van der Waals surface area contributed by atoms with Crippen LogP contribution in [0.25, 0.3) is 0 Å². The fraction of sp³-hybridized carbons (Fsp3) is 0.500. The Balaban J connectivity index is 1.81. The lowest BCUT2D eigenvalue weighted by Gasteiger charge is -2.13. The molecule has 1 unspecified atom stereocenters. The van der Waals surface area contributed by atoms with E-state index >= 15 is 0 Å². The molecule has 4 amide bonds. The quantitative estimate of drug-likeness (QED) is 0.712. The number of amides is 4. The maximum atomic E-state index is 12.3. The molecule has 0 saturated carbocycles. The molecule has 0 bridgehead atoms. The Kier molecular flexibility index (Phi) is 6.35. The third-order valence-electron chi connectivity index (χ3n) is 4.02. The Morgan fingerprint density at radius 3 is 2.62 bits per heavy atom. The lowest BCUT2D eigenvalue weighted by Crippen LogP contribution is -2.41. The van der Waals surface area contributed by atoms with Crippen molar-refractivity contribution in [1.82, 2.24) is 15.5 Å². The average molecular weight is 331 g/mol. The number of imide groups is 1. The fourth-order valence-electron chi connectivity index (χ4n) is 2.58. The largest absolute Gasteiger partial charge is 0.355 e. The number of nitrogens with one attached hydrogen (secondary N) is 2. The number of carbonyl (C=O) groups excluding carboxylic acids is 3. The average Bonchev–Trinajstić information content (AvgIpc) is 2.81. The van der Waals surface area contributed by atoms with Crippen LogP contribution in [0.4, 0.5) is 4.79 Å². The van der Waals surface area contributed by atoms with Crippen LogP contribution < -0.4 is 10.6 Å². The van der Waals surface area contributed by atoms with Crippen LogP contribution >= 0.6 is 0 Å². The molecule has 2 rings (SSSR count). The van der Waals surface area contributed by atoms with Gasteiger partial charge in [-0.3, -0.25) is 14.5 Å². The van der Waals surface area contributed by atoms with Crippen molar-refractivity contribution in [2.75, 3.05) is 13.1 Å². The Hall–Kier alpha value is -2.37. The summed E-state index contributed by atoms with van der Waals surface area (Å²) in [5.74, 6) is -0.137. The van der Waals surface area contributed by atoms with Crippen molar-refractivity contribution in [3.05, 3.63) is 35.9 Å². The van der Waals surface area contributed by atoms with Crippen molar-refractivity contribution in [1.29, 1.82) is 0 Å². The van der Waals surface area contributed by atoms with Gasteiger partial charge >= 0.3 is 6.03 Å². The van der Waals surface area contributed by atoms with E-state index in [0.29, 0.717) is 25.3 Å². The first-order valence-corrected chi connectivity index (χ1v) is 8.40. The highest BCUT2D eigenvalue weighted by atomic mass is 16.2. The predicted molar refractivity (Wildman–Crippen MR) is 91.3 cm³/mol. The standard InChI is InChI=1S/C18H25N3O3/c1-13(2)10-11-19-16(22)12-21-17(23)15(20-18(21)24)9-8-14-6-4-3-5-7-14/h3-7,13,15H,8-12H2,1-2H3,(H,19,22)(H,20,24). The summed E-state index contributed by atoms with van der Waals surface area (Å²) in [7, 11) is 0. The number of nitrogens with zero attached hydrogens (tertiary/aromatic N) is 1. The van der Waals surface area contributed by atoms with Gasteiger partial charge in [0.15, 0.2) is 0 Å². The zero-order valence-corrected chi connectivity index (χ0v) is 14.2. The van der Waals surface area contributed by atoms with Gasteiger partial charge in [0.25, 0.3) is 5.91 Å². The lowest BCUT2D eigenvalue weighted by atomic mass is 10.1. The molecule has 1 heterocycles. The fourth-order valence-corrected chi connectivity index (χ4v) is 2.58. The van der Waals surface area contributed by atoms with Crippen LogP contribution in [0.1, 0.15) is 32.3 Å². The minimum Gasteiger partial charge on any atom is -0.355 e. The summed E-state index contributed by atoms with van der Waals surface area (Å²) in [6.07, 6.45) is 2.09. The second-order valence-corrected chi connectivity index (χ2v) is 6.48. The van der Waals surface area contributed by atoms with Crippen LogP contribution in [0.3, 0.4) is 0 Å². The molecule has 1 atom stereocenters. The van der Waals surface area contributed by atoms with E-state index in [1.807, 2.05) is 30.3 Å². The molecule has 1 saturated heterocycles. The van der Waals surface area contributed by atoms with Gasteiger partial charge in [0.05, 0.1) is 0 Å². The van der Waals surface area contributed by atoms with Gasteiger partial charge in [0.2, 0.25) is 5.91 Å². The normalized spacial score (nSPS) is 17.3. The minimum atomic E-state index is -0.554. The number of rotatable bonds is 8. The SMILES string of the molecule is CC(C)CCNC(=O)CN1C(=O)NC(CCc2ccccc2)C1=O. The monoisotopic (exact) mass is 331 g/mol. The third-order valence-corrected chi connectivity index (χ3v) is 4.02. The van der Waals surface area contributed by atoms with E-state index < -0.39 is 12.1 Å². The molecule has 1 aliphatic heterocycles.